The lowest BCUT2D eigenvalue weighted by atomic mass is 10.1. The molecular formula is C17H17NO. The molecule has 2 heteroatoms. The molecule has 0 spiro atoms. The van der Waals surface area contributed by atoms with E-state index in [2.05, 4.69) is 43.1 Å². The van der Waals surface area contributed by atoms with Crippen molar-refractivity contribution in [1.29, 1.82) is 0 Å². The average molecular weight is 251 g/mol. The summed E-state index contributed by atoms with van der Waals surface area (Å²) in [5.74, 6) is 0.879. The number of hydrogen-bond donors (Lipinski definition) is 1. The number of ether oxygens (including phenoxy) is 1. The zero-order chi connectivity index (χ0) is 13.4. The van der Waals surface area contributed by atoms with Gasteiger partial charge in [0.2, 0.25) is 0 Å². The van der Waals surface area contributed by atoms with Crippen molar-refractivity contribution in [2.45, 2.75) is 13.8 Å². The second kappa shape index (κ2) is 4.47. The molecule has 0 amide bonds. The Bertz CT molecular complexity index is 740. The van der Waals surface area contributed by atoms with Gasteiger partial charge >= 0.3 is 0 Å². The number of nitrogens with one attached hydrogen (secondary N) is 1. The molecule has 0 saturated carbocycles. The van der Waals surface area contributed by atoms with E-state index in [9.17, 15) is 0 Å². The van der Waals surface area contributed by atoms with E-state index in [1.807, 2.05) is 18.2 Å². The van der Waals surface area contributed by atoms with E-state index in [0.29, 0.717) is 0 Å². The van der Waals surface area contributed by atoms with E-state index in [4.69, 9.17) is 4.74 Å². The van der Waals surface area contributed by atoms with Crippen molar-refractivity contribution in [3.05, 3.63) is 53.6 Å². The van der Waals surface area contributed by atoms with Crippen LogP contribution in [0.25, 0.3) is 22.2 Å². The minimum absolute atomic E-state index is 0.879. The highest BCUT2D eigenvalue weighted by atomic mass is 16.5. The van der Waals surface area contributed by atoms with Gasteiger partial charge < -0.3 is 9.72 Å². The molecule has 2 aromatic carbocycles. The molecule has 19 heavy (non-hydrogen) atoms. The lowest BCUT2D eigenvalue weighted by Gasteiger charge is -2.02. The molecule has 0 atom stereocenters. The van der Waals surface area contributed by atoms with Crippen LogP contribution in [0.15, 0.2) is 42.5 Å². The predicted molar refractivity (Wildman–Crippen MR) is 79.8 cm³/mol. The van der Waals surface area contributed by atoms with Crippen LogP contribution in [0.2, 0.25) is 0 Å². The number of aromatic nitrogens is 1. The van der Waals surface area contributed by atoms with Crippen molar-refractivity contribution in [1.82, 2.24) is 4.98 Å². The molecule has 1 N–H and O–H groups in total. The van der Waals surface area contributed by atoms with Gasteiger partial charge in [0.1, 0.15) is 5.75 Å². The van der Waals surface area contributed by atoms with Gasteiger partial charge in [-0.05, 0) is 43.7 Å². The van der Waals surface area contributed by atoms with Gasteiger partial charge in [-0.1, -0.05) is 23.8 Å². The fourth-order valence-electron chi connectivity index (χ4n) is 2.56. The van der Waals surface area contributed by atoms with Crippen LogP contribution in [0.4, 0.5) is 0 Å². The molecule has 0 aliphatic rings. The Morgan fingerprint density at radius 2 is 1.84 bits per heavy atom. The summed E-state index contributed by atoms with van der Waals surface area (Å²) >= 11 is 0. The minimum Gasteiger partial charge on any atom is -0.497 e. The lowest BCUT2D eigenvalue weighted by molar-refractivity contribution is 0.415. The van der Waals surface area contributed by atoms with E-state index >= 15 is 0 Å². The first-order chi connectivity index (χ1) is 9.17. The van der Waals surface area contributed by atoms with Crippen LogP contribution in [0, 0.1) is 13.8 Å². The summed E-state index contributed by atoms with van der Waals surface area (Å²) in [5.41, 5.74) is 6.06. The van der Waals surface area contributed by atoms with E-state index in [1.54, 1.807) is 7.11 Å². The van der Waals surface area contributed by atoms with Crippen LogP contribution >= 0.6 is 0 Å². The van der Waals surface area contributed by atoms with Crippen LogP contribution in [-0.2, 0) is 0 Å². The van der Waals surface area contributed by atoms with Crippen LogP contribution in [0.1, 0.15) is 11.1 Å². The zero-order valence-corrected chi connectivity index (χ0v) is 11.4. The summed E-state index contributed by atoms with van der Waals surface area (Å²) in [6, 6.07) is 14.7. The molecule has 0 fully saturated rings. The van der Waals surface area contributed by atoms with Crippen LogP contribution in [-0.4, -0.2) is 12.1 Å². The molecule has 3 rings (SSSR count). The van der Waals surface area contributed by atoms with E-state index < -0.39 is 0 Å². The number of hydrogen-bond acceptors (Lipinski definition) is 1. The molecule has 0 aliphatic carbocycles. The third kappa shape index (κ3) is 2.10. The summed E-state index contributed by atoms with van der Waals surface area (Å²) in [7, 11) is 1.69. The molecule has 0 unspecified atom stereocenters. The normalized spacial score (nSPS) is 10.9. The smallest absolute Gasteiger partial charge is 0.119 e. The van der Waals surface area contributed by atoms with Crippen molar-refractivity contribution in [3.8, 4) is 17.0 Å². The topological polar surface area (TPSA) is 25.0 Å². The number of rotatable bonds is 2. The Balaban J connectivity index is 2.17. The Kier molecular flexibility index (Phi) is 2.79. The third-order valence-corrected chi connectivity index (χ3v) is 3.45. The van der Waals surface area contributed by atoms with Gasteiger partial charge in [-0.15, -0.1) is 0 Å². The van der Waals surface area contributed by atoms with E-state index in [-0.39, 0.29) is 0 Å². The standard InChI is InChI=1S/C17H17NO/c1-11-7-12(2)17-14(8-11)10-16(18-17)13-5-4-6-15(9-13)19-3/h4-10,18H,1-3H3. The molecule has 0 bridgehead atoms. The quantitative estimate of drug-likeness (QED) is 0.714. The predicted octanol–water partition coefficient (Wildman–Crippen LogP) is 4.46. The van der Waals surface area contributed by atoms with Crippen molar-refractivity contribution < 1.29 is 4.74 Å². The van der Waals surface area contributed by atoms with Crippen LogP contribution in [0.3, 0.4) is 0 Å². The minimum atomic E-state index is 0.879. The van der Waals surface area contributed by atoms with E-state index in [1.165, 1.54) is 22.0 Å². The van der Waals surface area contributed by atoms with Crippen molar-refractivity contribution >= 4 is 10.9 Å². The zero-order valence-electron chi connectivity index (χ0n) is 11.4. The van der Waals surface area contributed by atoms with Crippen molar-refractivity contribution in [3.63, 3.8) is 0 Å². The molecule has 0 aliphatic heterocycles. The van der Waals surface area contributed by atoms with Crippen molar-refractivity contribution in [2.75, 3.05) is 7.11 Å². The highest BCUT2D eigenvalue weighted by Gasteiger charge is 2.06. The van der Waals surface area contributed by atoms with Gasteiger partial charge in [0.25, 0.3) is 0 Å². The van der Waals surface area contributed by atoms with Gasteiger partial charge in [-0.3, -0.25) is 0 Å². The van der Waals surface area contributed by atoms with Gasteiger partial charge in [-0.25, -0.2) is 0 Å². The second-order valence-electron chi connectivity index (χ2n) is 4.96. The molecule has 3 aromatic rings. The van der Waals surface area contributed by atoms with Gasteiger partial charge in [0.05, 0.1) is 7.11 Å². The fraction of sp³-hybridized carbons (Fsp3) is 0.176. The first-order valence-corrected chi connectivity index (χ1v) is 6.42. The summed E-state index contributed by atoms with van der Waals surface area (Å²) in [6.45, 7) is 4.27. The first kappa shape index (κ1) is 11.8. The Morgan fingerprint density at radius 3 is 2.63 bits per heavy atom. The molecule has 0 saturated heterocycles. The maximum Gasteiger partial charge on any atom is 0.119 e. The van der Waals surface area contributed by atoms with Gasteiger partial charge in [0.15, 0.2) is 0 Å². The first-order valence-electron chi connectivity index (χ1n) is 6.42. The second-order valence-corrected chi connectivity index (χ2v) is 4.96. The average Bonchev–Trinajstić information content (AvgIpc) is 2.83. The summed E-state index contributed by atoms with van der Waals surface area (Å²) < 4.78 is 5.28. The maximum absolute atomic E-state index is 5.28. The number of aromatic amines is 1. The molecule has 1 aromatic heterocycles. The molecular weight excluding hydrogens is 234 g/mol. The molecule has 1 heterocycles. The van der Waals surface area contributed by atoms with E-state index in [0.717, 1.165) is 17.0 Å². The monoisotopic (exact) mass is 251 g/mol. The number of aryl methyl sites for hydroxylation is 2. The molecule has 0 radical (unpaired) electrons. The number of methoxy groups -OCH3 is 1. The van der Waals surface area contributed by atoms with Gasteiger partial charge in [-0.2, -0.15) is 0 Å². The summed E-state index contributed by atoms with van der Waals surface area (Å²) in [5, 5.41) is 1.26. The SMILES string of the molecule is COc1cccc(-c2cc3cc(C)cc(C)c3[nH]2)c1. The fourth-order valence-corrected chi connectivity index (χ4v) is 2.56. The third-order valence-electron chi connectivity index (χ3n) is 3.45. The Morgan fingerprint density at radius 1 is 1.00 bits per heavy atom. The van der Waals surface area contributed by atoms with Crippen LogP contribution < -0.4 is 4.74 Å². The molecule has 2 nitrogen and oxygen atoms in total. The Labute approximate surface area is 113 Å². The highest BCUT2D eigenvalue weighted by molar-refractivity contribution is 5.88. The highest BCUT2D eigenvalue weighted by Crippen LogP contribution is 2.28. The molecule has 96 valence electrons. The van der Waals surface area contributed by atoms with Crippen molar-refractivity contribution in [2.24, 2.45) is 0 Å². The summed E-state index contributed by atoms with van der Waals surface area (Å²) in [6.07, 6.45) is 0. The van der Waals surface area contributed by atoms with Gasteiger partial charge in [0, 0.05) is 22.2 Å². The number of benzene rings is 2. The maximum atomic E-state index is 5.28. The summed E-state index contributed by atoms with van der Waals surface area (Å²) in [4.78, 5) is 3.50. The number of fused-ring (bicyclic) bond motifs is 1. The van der Waals surface area contributed by atoms with Crippen LogP contribution in [0.5, 0.6) is 5.75 Å². The number of H-pyrrole nitrogens is 1. The lowest BCUT2D eigenvalue weighted by Crippen LogP contribution is -1.83. The Hall–Kier alpha value is -2.22. The largest absolute Gasteiger partial charge is 0.497 e.